The Balaban J connectivity index is 3.40. The SMILES string of the molecule is CC/C=C\C/C=C\C/C=C\C/C=C\CCCCCCCCCCCCCCCCC(=O)OC(CO)COC(=O)CCCCCCCCCCCCCCCCCCCCCCCCCCCCCCCCCC. The fourth-order valence-corrected chi connectivity index (χ4v) is 10.0. The zero-order valence-electron chi connectivity index (χ0n) is 49.2. The molecule has 5 heteroatoms. The Hall–Kier alpha value is -2.14. The number of aliphatic hydroxyl groups excluding tert-OH is 1. The van der Waals surface area contributed by atoms with Gasteiger partial charge in [0.15, 0.2) is 6.10 Å². The summed E-state index contributed by atoms with van der Waals surface area (Å²) in [4.78, 5) is 24.6. The highest BCUT2D eigenvalue weighted by Gasteiger charge is 2.16. The van der Waals surface area contributed by atoms with Gasteiger partial charge in [0.05, 0.1) is 6.61 Å². The Bertz CT molecular complexity index is 1200. The zero-order valence-corrected chi connectivity index (χ0v) is 49.2. The van der Waals surface area contributed by atoms with Gasteiger partial charge in [-0.2, -0.15) is 0 Å². The van der Waals surface area contributed by atoms with Gasteiger partial charge in [-0.05, 0) is 51.4 Å². The number of ether oxygens (including phenoxy) is 2. The maximum Gasteiger partial charge on any atom is 0.306 e. The predicted octanol–water partition coefficient (Wildman–Crippen LogP) is 22.4. The maximum atomic E-state index is 12.3. The lowest BCUT2D eigenvalue weighted by Crippen LogP contribution is -2.28. The van der Waals surface area contributed by atoms with Crippen molar-refractivity contribution in [2.45, 2.75) is 360 Å². The van der Waals surface area contributed by atoms with Gasteiger partial charge in [0.1, 0.15) is 6.61 Å². The van der Waals surface area contributed by atoms with Crippen molar-refractivity contribution in [1.29, 1.82) is 0 Å². The first kappa shape index (κ1) is 70.9. The minimum absolute atomic E-state index is 0.0615. The quantitative estimate of drug-likeness (QED) is 0.0373. The third kappa shape index (κ3) is 62.3. The Morgan fingerprint density at radius 3 is 0.890 bits per heavy atom. The van der Waals surface area contributed by atoms with Crippen molar-refractivity contribution in [2.24, 2.45) is 0 Å². The molecule has 0 radical (unpaired) electrons. The molecule has 0 rings (SSSR count). The number of hydrogen-bond acceptors (Lipinski definition) is 5. The first-order chi connectivity index (χ1) is 36.1. The summed E-state index contributed by atoms with van der Waals surface area (Å²) in [7, 11) is 0. The second-order valence-corrected chi connectivity index (χ2v) is 22.2. The average molecular weight is 1020 g/mol. The Morgan fingerprint density at radius 2 is 0.589 bits per heavy atom. The number of unbranched alkanes of at least 4 members (excludes halogenated alkanes) is 45. The van der Waals surface area contributed by atoms with Crippen LogP contribution >= 0.6 is 0 Å². The van der Waals surface area contributed by atoms with Gasteiger partial charge < -0.3 is 14.6 Å². The van der Waals surface area contributed by atoms with E-state index in [4.69, 9.17) is 9.47 Å². The van der Waals surface area contributed by atoms with Crippen molar-refractivity contribution in [3.63, 3.8) is 0 Å². The molecular weight excluding hydrogens is 897 g/mol. The molecule has 0 bridgehead atoms. The summed E-state index contributed by atoms with van der Waals surface area (Å²) < 4.78 is 10.8. The van der Waals surface area contributed by atoms with Gasteiger partial charge in [-0.25, -0.2) is 0 Å². The maximum absolute atomic E-state index is 12.3. The molecule has 0 saturated heterocycles. The van der Waals surface area contributed by atoms with E-state index in [1.165, 1.54) is 270 Å². The van der Waals surface area contributed by atoms with Gasteiger partial charge in [0, 0.05) is 12.8 Å². The summed E-state index contributed by atoms with van der Waals surface area (Å²) in [6.45, 7) is 4.08. The van der Waals surface area contributed by atoms with Gasteiger partial charge in [0.25, 0.3) is 0 Å². The molecule has 0 heterocycles. The van der Waals surface area contributed by atoms with Crippen molar-refractivity contribution in [3.8, 4) is 0 Å². The Labute approximate surface area is 456 Å². The summed E-state index contributed by atoms with van der Waals surface area (Å²) in [6.07, 6.45) is 85.6. The lowest BCUT2D eigenvalue weighted by Gasteiger charge is -2.15. The minimum atomic E-state index is -0.772. The summed E-state index contributed by atoms with van der Waals surface area (Å²) in [6, 6.07) is 0. The number of allylic oxidation sites excluding steroid dienone is 8. The molecule has 1 N–H and O–H groups in total. The molecule has 0 aliphatic carbocycles. The summed E-state index contributed by atoms with van der Waals surface area (Å²) in [5.41, 5.74) is 0. The first-order valence-electron chi connectivity index (χ1n) is 32.7. The molecule has 0 amide bonds. The molecule has 0 spiro atoms. The molecule has 0 aliphatic rings. The van der Waals surface area contributed by atoms with Crippen molar-refractivity contribution in [3.05, 3.63) is 48.6 Å². The van der Waals surface area contributed by atoms with Crippen LogP contribution in [0.4, 0.5) is 0 Å². The van der Waals surface area contributed by atoms with Crippen molar-refractivity contribution < 1.29 is 24.2 Å². The van der Waals surface area contributed by atoms with E-state index in [9.17, 15) is 14.7 Å². The molecule has 1 atom stereocenters. The van der Waals surface area contributed by atoms with Crippen LogP contribution < -0.4 is 0 Å². The van der Waals surface area contributed by atoms with Gasteiger partial charge >= 0.3 is 11.9 Å². The topological polar surface area (TPSA) is 72.8 Å². The van der Waals surface area contributed by atoms with E-state index in [2.05, 4.69) is 62.5 Å². The molecule has 1 unspecified atom stereocenters. The van der Waals surface area contributed by atoms with E-state index in [0.717, 1.165) is 57.8 Å². The molecule has 73 heavy (non-hydrogen) atoms. The summed E-state index contributed by atoms with van der Waals surface area (Å²) in [5, 5.41) is 9.69. The third-order valence-electron chi connectivity index (χ3n) is 14.9. The van der Waals surface area contributed by atoms with Crippen LogP contribution in [0.15, 0.2) is 48.6 Å². The summed E-state index contributed by atoms with van der Waals surface area (Å²) in [5.74, 6) is -0.572. The van der Waals surface area contributed by atoms with Crippen molar-refractivity contribution in [2.75, 3.05) is 13.2 Å². The molecule has 0 aromatic rings. The van der Waals surface area contributed by atoms with E-state index >= 15 is 0 Å². The van der Waals surface area contributed by atoms with E-state index in [-0.39, 0.29) is 25.2 Å². The van der Waals surface area contributed by atoms with Gasteiger partial charge in [-0.3, -0.25) is 9.59 Å². The standard InChI is InChI=1S/C68H126O5/c1-3-5-7-9-11-13-15-17-19-21-23-25-27-29-31-32-33-34-35-37-38-40-42-44-46-48-50-52-54-56-58-60-62-67(70)72-65-66(64-69)73-68(71)63-61-59-57-55-53-51-49-47-45-43-41-39-36-30-28-26-24-22-20-18-16-14-12-10-8-6-4-2/h6,8,12,14,18,20,24,26,66,69H,3-5,7,9-11,13,15-17,19,21-23,25,27-65H2,1-2H3/b8-6-,14-12-,20-18-,26-24-. The molecule has 428 valence electrons. The Kier molecular flexibility index (Phi) is 62.3. The normalized spacial score (nSPS) is 12.4. The van der Waals surface area contributed by atoms with Gasteiger partial charge in [-0.15, -0.1) is 0 Å². The lowest BCUT2D eigenvalue weighted by molar-refractivity contribution is -0.161. The monoisotopic (exact) mass is 1020 g/mol. The largest absolute Gasteiger partial charge is 0.462 e. The van der Waals surface area contributed by atoms with Crippen LogP contribution in [0.5, 0.6) is 0 Å². The highest BCUT2D eigenvalue weighted by Crippen LogP contribution is 2.19. The van der Waals surface area contributed by atoms with Gasteiger partial charge in [0.2, 0.25) is 0 Å². The fraction of sp³-hybridized carbons (Fsp3) is 0.853. The number of esters is 2. The predicted molar refractivity (Wildman–Crippen MR) is 321 cm³/mol. The van der Waals surface area contributed by atoms with Crippen LogP contribution in [0.1, 0.15) is 354 Å². The number of carbonyl (C=O) groups excluding carboxylic acids is 2. The second-order valence-electron chi connectivity index (χ2n) is 22.2. The number of aliphatic hydroxyl groups is 1. The molecular formula is C68H126O5. The van der Waals surface area contributed by atoms with E-state index in [0.29, 0.717) is 12.8 Å². The zero-order chi connectivity index (χ0) is 52.7. The summed E-state index contributed by atoms with van der Waals surface area (Å²) >= 11 is 0. The molecule has 0 fully saturated rings. The van der Waals surface area contributed by atoms with Crippen LogP contribution in [-0.4, -0.2) is 36.4 Å². The highest BCUT2D eigenvalue weighted by molar-refractivity contribution is 5.70. The average Bonchev–Trinajstić information content (AvgIpc) is 3.39. The molecule has 0 aromatic heterocycles. The molecule has 0 aromatic carbocycles. The number of hydrogen-bond donors (Lipinski definition) is 1. The molecule has 5 nitrogen and oxygen atoms in total. The number of rotatable bonds is 61. The second kappa shape index (κ2) is 64.1. The van der Waals surface area contributed by atoms with Gasteiger partial charge in [-0.1, -0.05) is 339 Å². The van der Waals surface area contributed by atoms with E-state index in [1.54, 1.807) is 0 Å². The minimum Gasteiger partial charge on any atom is -0.462 e. The van der Waals surface area contributed by atoms with Crippen molar-refractivity contribution in [1.82, 2.24) is 0 Å². The molecule has 0 saturated carbocycles. The Morgan fingerprint density at radius 1 is 0.329 bits per heavy atom. The van der Waals surface area contributed by atoms with Crippen LogP contribution in [0.25, 0.3) is 0 Å². The molecule has 0 aliphatic heterocycles. The van der Waals surface area contributed by atoms with E-state index in [1.807, 2.05) is 0 Å². The smallest absolute Gasteiger partial charge is 0.306 e. The lowest BCUT2D eigenvalue weighted by atomic mass is 10.0. The van der Waals surface area contributed by atoms with E-state index < -0.39 is 6.10 Å². The van der Waals surface area contributed by atoms with Crippen LogP contribution in [-0.2, 0) is 19.1 Å². The van der Waals surface area contributed by atoms with Crippen LogP contribution in [0, 0.1) is 0 Å². The third-order valence-corrected chi connectivity index (χ3v) is 14.9. The number of carbonyl (C=O) groups is 2. The van der Waals surface area contributed by atoms with Crippen LogP contribution in [0.3, 0.4) is 0 Å². The highest BCUT2D eigenvalue weighted by atomic mass is 16.6. The first-order valence-corrected chi connectivity index (χ1v) is 32.7. The fourth-order valence-electron chi connectivity index (χ4n) is 10.0. The van der Waals surface area contributed by atoms with Crippen LogP contribution in [0.2, 0.25) is 0 Å². The van der Waals surface area contributed by atoms with Crippen molar-refractivity contribution >= 4 is 11.9 Å².